The summed E-state index contributed by atoms with van der Waals surface area (Å²) >= 11 is 0. The maximum absolute atomic E-state index is 6.10. The zero-order valence-electron chi connectivity index (χ0n) is 10.0. The molecule has 0 amide bonds. The molecule has 3 atom stereocenters. The van der Waals surface area contributed by atoms with Crippen molar-refractivity contribution in [3.63, 3.8) is 0 Å². The van der Waals surface area contributed by atoms with E-state index in [1.165, 1.54) is 17.5 Å². The number of nitrogens with zero attached hydrogens (tertiary/aromatic N) is 1. The van der Waals surface area contributed by atoms with Gasteiger partial charge in [0.25, 0.3) is 0 Å². The van der Waals surface area contributed by atoms with E-state index < -0.39 is 0 Å². The fraction of sp³-hybridized carbons (Fsp3) is 0.571. The Hall–Kier alpha value is -0.860. The van der Waals surface area contributed by atoms with Crippen molar-refractivity contribution in [2.24, 2.45) is 0 Å². The molecule has 3 rings (SSSR count). The zero-order chi connectivity index (χ0) is 11.1. The molecule has 16 heavy (non-hydrogen) atoms. The highest BCUT2D eigenvalue weighted by Gasteiger charge is 2.46. The summed E-state index contributed by atoms with van der Waals surface area (Å²) in [6.07, 6.45) is 1.84. The van der Waals surface area contributed by atoms with Gasteiger partial charge in [-0.15, -0.1) is 0 Å². The summed E-state index contributed by atoms with van der Waals surface area (Å²) in [6.45, 7) is 6.72. The van der Waals surface area contributed by atoms with E-state index in [4.69, 9.17) is 4.74 Å². The van der Waals surface area contributed by atoms with Gasteiger partial charge >= 0.3 is 0 Å². The maximum Gasteiger partial charge on any atom is 0.0993 e. The highest BCUT2D eigenvalue weighted by Crippen LogP contribution is 2.51. The molecule has 1 aromatic carbocycles. The molecule has 0 saturated carbocycles. The van der Waals surface area contributed by atoms with Gasteiger partial charge < -0.3 is 4.74 Å². The third-order valence-corrected chi connectivity index (χ3v) is 4.05. The molecule has 2 aliphatic heterocycles. The SMILES string of the molecule is CCN(CC)C1CC2OC1c1ccccc12. The van der Waals surface area contributed by atoms with Crippen LogP contribution in [0.1, 0.15) is 43.6 Å². The summed E-state index contributed by atoms with van der Waals surface area (Å²) in [4.78, 5) is 2.53. The van der Waals surface area contributed by atoms with Gasteiger partial charge in [0.1, 0.15) is 0 Å². The minimum Gasteiger partial charge on any atom is -0.364 e. The molecule has 1 fully saturated rings. The lowest BCUT2D eigenvalue weighted by Crippen LogP contribution is -2.38. The number of hydrogen-bond acceptors (Lipinski definition) is 2. The van der Waals surface area contributed by atoms with E-state index in [0.29, 0.717) is 18.2 Å². The first-order valence-electron chi connectivity index (χ1n) is 6.33. The Labute approximate surface area is 97.2 Å². The van der Waals surface area contributed by atoms with E-state index in [-0.39, 0.29) is 0 Å². The van der Waals surface area contributed by atoms with Crippen molar-refractivity contribution in [3.05, 3.63) is 35.4 Å². The number of hydrogen-bond donors (Lipinski definition) is 0. The first-order valence-corrected chi connectivity index (χ1v) is 6.33. The molecular weight excluding hydrogens is 198 g/mol. The van der Waals surface area contributed by atoms with E-state index in [1.807, 2.05) is 0 Å². The van der Waals surface area contributed by atoms with E-state index in [1.54, 1.807) is 0 Å². The van der Waals surface area contributed by atoms with Crippen LogP contribution < -0.4 is 0 Å². The predicted octanol–water partition coefficient (Wildman–Crippen LogP) is 2.91. The minimum absolute atomic E-state index is 0.320. The van der Waals surface area contributed by atoms with Crippen molar-refractivity contribution in [2.75, 3.05) is 13.1 Å². The van der Waals surface area contributed by atoms with Crippen LogP contribution in [0.4, 0.5) is 0 Å². The molecule has 2 heterocycles. The van der Waals surface area contributed by atoms with E-state index in [2.05, 4.69) is 43.0 Å². The van der Waals surface area contributed by atoms with Gasteiger partial charge in [-0.2, -0.15) is 0 Å². The lowest BCUT2D eigenvalue weighted by Gasteiger charge is -2.31. The molecule has 2 heteroatoms. The topological polar surface area (TPSA) is 12.5 Å². The molecule has 86 valence electrons. The fourth-order valence-corrected chi connectivity index (χ4v) is 3.24. The highest BCUT2D eigenvalue weighted by molar-refractivity contribution is 5.38. The minimum atomic E-state index is 0.320. The van der Waals surface area contributed by atoms with Crippen LogP contribution in [0.25, 0.3) is 0 Å². The Morgan fingerprint density at radius 3 is 2.56 bits per heavy atom. The van der Waals surface area contributed by atoms with Crippen LogP contribution in [0.3, 0.4) is 0 Å². The number of benzene rings is 1. The maximum atomic E-state index is 6.10. The fourth-order valence-electron chi connectivity index (χ4n) is 3.24. The summed E-state index contributed by atoms with van der Waals surface area (Å²) < 4.78 is 6.10. The largest absolute Gasteiger partial charge is 0.364 e. The molecule has 0 spiro atoms. The van der Waals surface area contributed by atoms with Crippen molar-refractivity contribution in [3.8, 4) is 0 Å². The monoisotopic (exact) mass is 217 g/mol. The van der Waals surface area contributed by atoms with Crippen LogP contribution in [0.15, 0.2) is 24.3 Å². The van der Waals surface area contributed by atoms with Crippen molar-refractivity contribution in [2.45, 2.75) is 38.5 Å². The summed E-state index contributed by atoms with van der Waals surface area (Å²) in [5.41, 5.74) is 2.85. The number of rotatable bonds is 3. The summed E-state index contributed by atoms with van der Waals surface area (Å²) in [5, 5.41) is 0. The lowest BCUT2D eigenvalue weighted by molar-refractivity contribution is 0.0454. The van der Waals surface area contributed by atoms with Gasteiger partial charge in [-0.3, -0.25) is 4.90 Å². The Kier molecular flexibility index (Phi) is 2.49. The summed E-state index contributed by atoms with van der Waals surface area (Å²) in [5.74, 6) is 0. The second-order valence-corrected chi connectivity index (χ2v) is 4.70. The van der Waals surface area contributed by atoms with Crippen LogP contribution in [0.5, 0.6) is 0 Å². The van der Waals surface area contributed by atoms with Gasteiger partial charge in [-0.1, -0.05) is 38.1 Å². The predicted molar refractivity (Wildman–Crippen MR) is 64.3 cm³/mol. The van der Waals surface area contributed by atoms with Crippen LogP contribution in [0, 0.1) is 0 Å². The average molecular weight is 217 g/mol. The molecular formula is C14H19NO. The molecule has 2 bridgehead atoms. The van der Waals surface area contributed by atoms with Crippen LogP contribution in [-0.4, -0.2) is 24.0 Å². The van der Waals surface area contributed by atoms with Crippen molar-refractivity contribution < 1.29 is 4.74 Å². The number of ether oxygens (including phenoxy) is 1. The Bertz CT molecular complexity index is 386. The molecule has 0 aromatic heterocycles. The van der Waals surface area contributed by atoms with Crippen LogP contribution in [-0.2, 0) is 4.74 Å². The molecule has 1 aromatic rings. The van der Waals surface area contributed by atoms with Gasteiger partial charge in [-0.05, 0) is 30.6 Å². The van der Waals surface area contributed by atoms with Crippen molar-refractivity contribution in [1.29, 1.82) is 0 Å². The highest BCUT2D eigenvalue weighted by atomic mass is 16.5. The van der Waals surface area contributed by atoms with Gasteiger partial charge in [0, 0.05) is 6.04 Å². The molecule has 3 unspecified atom stereocenters. The van der Waals surface area contributed by atoms with E-state index >= 15 is 0 Å². The van der Waals surface area contributed by atoms with Crippen LogP contribution >= 0.6 is 0 Å². The molecule has 2 aliphatic rings. The normalized spacial score (nSPS) is 31.1. The smallest absolute Gasteiger partial charge is 0.0993 e. The first kappa shape index (κ1) is 10.3. The van der Waals surface area contributed by atoms with Gasteiger partial charge in [-0.25, -0.2) is 0 Å². The van der Waals surface area contributed by atoms with Gasteiger partial charge in [0.15, 0.2) is 0 Å². The number of fused-ring (bicyclic) bond motifs is 5. The van der Waals surface area contributed by atoms with E-state index in [0.717, 1.165) is 13.1 Å². The quantitative estimate of drug-likeness (QED) is 0.772. The van der Waals surface area contributed by atoms with E-state index in [9.17, 15) is 0 Å². The average Bonchev–Trinajstić information content (AvgIpc) is 2.90. The molecule has 0 N–H and O–H groups in total. The van der Waals surface area contributed by atoms with Crippen molar-refractivity contribution >= 4 is 0 Å². The molecule has 1 saturated heterocycles. The second-order valence-electron chi connectivity index (χ2n) is 4.70. The standard InChI is InChI=1S/C14H19NO/c1-3-15(4-2)12-9-13-10-7-5-6-8-11(10)14(12)16-13/h5-8,12-14H,3-4,9H2,1-2H3. The van der Waals surface area contributed by atoms with Crippen molar-refractivity contribution in [1.82, 2.24) is 4.90 Å². The van der Waals surface area contributed by atoms with Gasteiger partial charge in [0.05, 0.1) is 12.2 Å². The van der Waals surface area contributed by atoms with Crippen LogP contribution in [0.2, 0.25) is 0 Å². The molecule has 0 radical (unpaired) electrons. The molecule has 2 nitrogen and oxygen atoms in total. The third-order valence-electron chi connectivity index (χ3n) is 4.05. The number of likely N-dealkylation sites (N-methyl/N-ethyl adjacent to an activating group) is 1. The Morgan fingerprint density at radius 2 is 1.88 bits per heavy atom. The Balaban J connectivity index is 1.91. The lowest BCUT2D eigenvalue weighted by atomic mass is 9.87. The third kappa shape index (κ3) is 1.33. The molecule has 0 aliphatic carbocycles. The second kappa shape index (κ2) is 3.86. The van der Waals surface area contributed by atoms with Gasteiger partial charge in [0.2, 0.25) is 0 Å². The Morgan fingerprint density at radius 1 is 1.19 bits per heavy atom. The first-order chi connectivity index (χ1) is 7.85. The zero-order valence-corrected chi connectivity index (χ0v) is 10.0. The summed E-state index contributed by atoms with van der Waals surface area (Å²) in [7, 11) is 0. The summed E-state index contributed by atoms with van der Waals surface area (Å²) in [6, 6.07) is 9.29.